The van der Waals surface area contributed by atoms with E-state index in [4.69, 9.17) is 20.4 Å². The van der Waals surface area contributed by atoms with Gasteiger partial charge in [-0.25, -0.2) is 0 Å². The Bertz CT molecular complexity index is 268. The molecule has 0 aliphatic carbocycles. The van der Waals surface area contributed by atoms with Gasteiger partial charge in [-0.3, -0.25) is 19.2 Å². The van der Waals surface area contributed by atoms with Gasteiger partial charge in [0.2, 0.25) is 0 Å². The van der Waals surface area contributed by atoms with Crippen molar-refractivity contribution in [2.24, 2.45) is 0 Å². The molecule has 0 aromatic rings. The van der Waals surface area contributed by atoms with Crippen LogP contribution in [0.25, 0.3) is 0 Å². The van der Waals surface area contributed by atoms with Crippen LogP contribution >= 0.6 is 0 Å². The topological polar surface area (TPSA) is 149 Å². The third kappa shape index (κ3) is 23.6. The third-order valence-corrected chi connectivity index (χ3v) is 1.58. The SMILES string of the molecule is O=C(O)CC(=O)O.O=C(O)CCCCCC(=O)O. The molecule has 0 saturated carbocycles. The summed E-state index contributed by atoms with van der Waals surface area (Å²) in [5.74, 6) is -4.26. The summed E-state index contributed by atoms with van der Waals surface area (Å²) in [5, 5.41) is 31.8. The zero-order chi connectivity index (χ0) is 14.6. The highest BCUT2D eigenvalue weighted by molar-refractivity contribution is 5.88. The molecule has 104 valence electrons. The average molecular weight is 264 g/mol. The normalized spacial score (nSPS) is 8.89. The maximum Gasteiger partial charge on any atom is 0.314 e. The molecule has 0 aliphatic rings. The number of unbranched alkanes of at least 4 members (excludes halogenated alkanes) is 2. The third-order valence-electron chi connectivity index (χ3n) is 1.58. The molecule has 0 aliphatic heterocycles. The Morgan fingerprint density at radius 2 is 0.889 bits per heavy atom. The number of hydrogen-bond acceptors (Lipinski definition) is 4. The van der Waals surface area contributed by atoms with Crippen molar-refractivity contribution < 1.29 is 39.6 Å². The molecule has 0 spiro atoms. The second kappa shape index (κ2) is 11.4. The highest BCUT2D eigenvalue weighted by atomic mass is 16.4. The van der Waals surface area contributed by atoms with Gasteiger partial charge in [-0.15, -0.1) is 0 Å². The molecule has 0 aromatic carbocycles. The predicted molar refractivity (Wildman–Crippen MR) is 58.2 cm³/mol. The van der Waals surface area contributed by atoms with Gasteiger partial charge in [0, 0.05) is 12.8 Å². The van der Waals surface area contributed by atoms with Crippen LogP contribution in [0.15, 0.2) is 0 Å². The van der Waals surface area contributed by atoms with E-state index in [1.165, 1.54) is 0 Å². The van der Waals surface area contributed by atoms with E-state index in [9.17, 15) is 19.2 Å². The fraction of sp³-hybridized carbons (Fsp3) is 0.600. The molecule has 4 N–H and O–H groups in total. The lowest BCUT2D eigenvalue weighted by Gasteiger charge is -1.94. The minimum atomic E-state index is -1.31. The van der Waals surface area contributed by atoms with Crippen LogP contribution in [-0.4, -0.2) is 44.3 Å². The molecule has 0 bridgehead atoms. The first-order chi connectivity index (χ1) is 8.25. The lowest BCUT2D eigenvalue weighted by Crippen LogP contribution is -2.03. The smallest absolute Gasteiger partial charge is 0.314 e. The lowest BCUT2D eigenvalue weighted by atomic mass is 10.1. The summed E-state index contributed by atoms with van der Waals surface area (Å²) in [5.41, 5.74) is 0. The molecule has 8 nitrogen and oxygen atoms in total. The molecule has 18 heavy (non-hydrogen) atoms. The van der Waals surface area contributed by atoms with E-state index < -0.39 is 30.3 Å². The quantitative estimate of drug-likeness (QED) is 0.368. The summed E-state index contributed by atoms with van der Waals surface area (Å²) in [6.07, 6.45) is 1.29. The maximum absolute atomic E-state index is 9.98. The molecule has 0 fully saturated rings. The van der Waals surface area contributed by atoms with Gasteiger partial charge in [-0.1, -0.05) is 6.42 Å². The van der Waals surface area contributed by atoms with Crippen LogP contribution in [0, 0.1) is 0 Å². The Morgan fingerprint density at radius 3 is 1.06 bits per heavy atom. The number of carbonyl (C=O) groups is 4. The number of carboxylic acids is 4. The van der Waals surface area contributed by atoms with Crippen LogP contribution in [0.2, 0.25) is 0 Å². The Morgan fingerprint density at radius 1 is 0.556 bits per heavy atom. The van der Waals surface area contributed by atoms with E-state index in [0.717, 1.165) is 0 Å². The van der Waals surface area contributed by atoms with Crippen molar-refractivity contribution in [3.63, 3.8) is 0 Å². The van der Waals surface area contributed by atoms with Crippen molar-refractivity contribution in [1.82, 2.24) is 0 Å². The average Bonchev–Trinajstić information content (AvgIpc) is 2.14. The van der Waals surface area contributed by atoms with Gasteiger partial charge in [-0.2, -0.15) is 0 Å². The second-order valence-electron chi connectivity index (χ2n) is 3.31. The molecule has 0 heterocycles. The molecule has 0 unspecified atom stereocenters. The van der Waals surface area contributed by atoms with E-state index in [0.29, 0.717) is 19.3 Å². The van der Waals surface area contributed by atoms with Crippen LogP contribution in [0.3, 0.4) is 0 Å². The van der Waals surface area contributed by atoms with Crippen molar-refractivity contribution >= 4 is 23.9 Å². The van der Waals surface area contributed by atoms with Crippen LogP contribution < -0.4 is 0 Å². The Balaban J connectivity index is 0. The summed E-state index contributed by atoms with van der Waals surface area (Å²) in [4.78, 5) is 38.8. The molecule has 0 atom stereocenters. The highest BCUT2D eigenvalue weighted by Gasteiger charge is 2.01. The summed E-state index contributed by atoms with van der Waals surface area (Å²) in [7, 11) is 0. The van der Waals surface area contributed by atoms with Gasteiger partial charge in [0.25, 0.3) is 0 Å². The minimum absolute atomic E-state index is 0.139. The first kappa shape index (κ1) is 18.3. The first-order valence-electron chi connectivity index (χ1n) is 5.13. The fourth-order valence-electron chi connectivity index (χ4n) is 0.859. The largest absolute Gasteiger partial charge is 0.481 e. The van der Waals surface area contributed by atoms with E-state index in [2.05, 4.69) is 0 Å². The molecule has 0 saturated heterocycles. The summed E-state index contributed by atoms with van der Waals surface area (Å²) >= 11 is 0. The van der Waals surface area contributed by atoms with Crippen LogP contribution in [0.5, 0.6) is 0 Å². The zero-order valence-electron chi connectivity index (χ0n) is 9.66. The van der Waals surface area contributed by atoms with E-state index in [1.54, 1.807) is 0 Å². The van der Waals surface area contributed by atoms with E-state index in [-0.39, 0.29) is 12.8 Å². The van der Waals surface area contributed by atoms with Gasteiger partial charge >= 0.3 is 23.9 Å². The van der Waals surface area contributed by atoms with Gasteiger partial charge in [0.15, 0.2) is 0 Å². The fourth-order valence-corrected chi connectivity index (χ4v) is 0.859. The molecular formula is C10H16O8. The summed E-state index contributed by atoms with van der Waals surface area (Å²) in [6, 6.07) is 0. The zero-order valence-corrected chi connectivity index (χ0v) is 9.66. The minimum Gasteiger partial charge on any atom is -0.481 e. The van der Waals surface area contributed by atoms with Gasteiger partial charge in [0.05, 0.1) is 0 Å². The highest BCUT2D eigenvalue weighted by Crippen LogP contribution is 2.02. The van der Waals surface area contributed by atoms with Crippen LogP contribution in [-0.2, 0) is 19.2 Å². The molecule has 0 amide bonds. The van der Waals surface area contributed by atoms with E-state index in [1.807, 2.05) is 0 Å². The van der Waals surface area contributed by atoms with Crippen LogP contribution in [0.1, 0.15) is 38.5 Å². The van der Waals surface area contributed by atoms with Crippen molar-refractivity contribution in [2.75, 3.05) is 0 Å². The molecular weight excluding hydrogens is 248 g/mol. The standard InChI is InChI=1S/C7H12O4.C3H4O4/c8-6(9)4-2-1-3-5-7(10)11;4-2(5)1-3(6)7/h1-5H2,(H,8,9)(H,10,11);1H2,(H,4,5)(H,6,7). The van der Waals surface area contributed by atoms with Crippen molar-refractivity contribution in [3.05, 3.63) is 0 Å². The van der Waals surface area contributed by atoms with Crippen molar-refractivity contribution in [2.45, 2.75) is 38.5 Å². The number of carboxylic acid groups (broad SMARTS) is 4. The first-order valence-corrected chi connectivity index (χ1v) is 5.13. The number of aliphatic carboxylic acids is 4. The van der Waals surface area contributed by atoms with Gasteiger partial charge in [0.1, 0.15) is 6.42 Å². The van der Waals surface area contributed by atoms with Gasteiger partial charge in [-0.05, 0) is 12.8 Å². The number of rotatable bonds is 8. The molecule has 8 heteroatoms. The molecule has 0 aromatic heterocycles. The number of hydrogen-bond donors (Lipinski definition) is 4. The van der Waals surface area contributed by atoms with Gasteiger partial charge < -0.3 is 20.4 Å². The molecule has 0 radical (unpaired) electrons. The van der Waals surface area contributed by atoms with E-state index >= 15 is 0 Å². The Kier molecular flexibility index (Phi) is 11.5. The lowest BCUT2D eigenvalue weighted by molar-refractivity contribution is -0.147. The summed E-state index contributed by atoms with van der Waals surface area (Å²) < 4.78 is 0. The molecule has 0 rings (SSSR count). The van der Waals surface area contributed by atoms with Crippen molar-refractivity contribution in [3.8, 4) is 0 Å². The Labute approximate surface area is 103 Å². The predicted octanol–water partition coefficient (Wildman–Crippen LogP) is 0.652. The second-order valence-corrected chi connectivity index (χ2v) is 3.31. The van der Waals surface area contributed by atoms with Crippen molar-refractivity contribution in [1.29, 1.82) is 0 Å². The maximum atomic E-state index is 9.98. The monoisotopic (exact) mass is 264 g/mol. The Hall–Kier alpha value is -2.12. The van der Waals surface area contributed by atoms with Crippen LogP contribution in [0.4, 0.5) is 0 Å². The summed E-state index contributed by atoms with van der Waals surface area (Å²) in [6.45, 7) is 0.